The molecule has 0 atom stereocenters. The molecule has 6 heteroatoms. The van der Waals surface area contributed by atoms with Gasteiger partial charge in [-0.05, 0) is 85.0 Å². The van der Waals surface area contributed by atoms with Crippen LogP contribution in [0.4, 0.5) is 5.69 Å². The van der Waals surface area contributed by atoms with E-state index in [1.165, 1.54) is 6.42 Å². The van der Waals surface area contributed by atoms with Crippen LogP contribution in [-0.4, -0.2) is 37.2 Å². The number of methoxy groups -OCH3 is 1. The van der Waals surface area contributed by atoms with Crippen molar-refractivity contribution in [2.24, 2.45) is 4.99 Å². The van der Waals surface area contributed by atoms with Crippen molar-refractivity contribution in [3.63, 3.8) is 0 Å². The molecule has 0 radical (unpaired) electrons. The fourth-order valence-electron chi connectivity index (χ4n) is 3.84. The Bertz CT molecular complexity index is 1190. The van der Waals surface area contributed by atoms with E-state index < -0.39 is 0 Å². The monoisotopic (exact) mass is 453 g/mol. The molecule has 4 rings (SSSR count). The quantitative estimate of drug-likeness (QED) is 0.441. The molecule has 172 valence electrons. The number of piperidine rings is 1. The lowest BCUT2D eigenvalue weighted by Gasteiger charge is -2.26. The maximum Gasteiger partial charge on any atom is 0.253 e. The first-order valence-electron chi connectivity index (χ1n) is 11.4. The van der Waals surface area contributed by atoms with Gasteiger partial charge in [-0.15, -0.1) is 0 Å². The molecule has 3 aromatic carbocycles. The number of nitrogens with zero attached hydrogens (tertiary/aromatic N) is 3. The number of ether oxygens (including phenoxy) is 2. The Morgan fingerprint density at radius 3 is 2.41 bits per heavy atom. The summed E-state index contributed by atoms with van der Waals surface area (Å²) >= 11 is 0. The maximum absolute atomic E-state index is 12.6. The number of benzene rings is 3. The van der Waals surface area contributed by atoms with Crippen LogP contribution in [0.3, 0.4) is 0 Å². The topological polar surface area (TPSA) is 74.9 Å². The summed E-state index contributed by atoms with van der Waals surface area (Å²) in [5.74, 6) is 1.35. The van der Waals surface area contributed by atoms with Gasteiger partial charge in [0.05, 0.1) is 24.4 Å². The number of aliphatic imine (C=N–C) groups is 1. The Labute approximate surface area is 200 Å². The van der Waals surface area contributed by atoms with Crippen LogP contribution < -0.4 is 9.47 Å². The van der Waals surface area contributed by atoms with Crippen molar-refractivity contribution in [3.05, 3.63) is 89.0 Å². The molecule has 1 amide bonds. The van der Waals surface area contributed by atoms with Crippen molar-refractivity contribution >= 4 is 17.8 Å². The summed E-state index contributed by atoms with van der Waals surface area (Å²) in [5.41, 5.74) is 3.93. The molecule has 0 N–H and O–H groups in total. The van der Waals surface area contributed by atoms with E-state index in [1.807, 2.05) is 47.4 Å². The fourth-order valence-corrected chi connectivity index (χ4v) is 3.84. The highest BCUT2D eigenvalue weighted by Crippen LogP contribution is 2.29. The van der Waals surface area contributed by atoms with E-state index >= 15 is 0 Å². The van der Waals surface area contributed by atoms with E-state index in [4.69, 9.17) is 14.7 Å². The van der Waals surface area contributed by atoms with Crippen molar-refractivity contribution in [3.8, 4) is 17.6 Å². The van der Waals surface area contributed by atoms with Gasteiger partial charge in [-0.25, -0.2) is 0 Å². The number of hydrogen-bond acceptors (Lipinski definition) is 5. The van der Waals surface area contributed by atoms with Crippen molar-refractivity contribution < 1.29 is 14.3 Å². The molecule has 6 nitrogen and oxygen atoms in total. The van der Waals surface area contributed by atoms with Crippen LogP contribution >= 0.6 is 0 Å². The summed E-state index contributed by atoms with van der Waals surface area (Å²) in [4.78, 5) is 19.0. The third kappa shape index (κ3) is 5.81. The fraction of sp³-hybridized carbons (Fsp3) is 0.250. The average molecular weight is 454 g/mol. The maximum atomic E-state index is 12.6. The average Bonchev–Trinajstić information content (AvgIpc) is 2.91. The van der Waals surface area contributed by atoms with Crippen LogP contribution in [0.15, 0.2) is 71.7 Å². The lowest BCUT2D eigenvalue weighted by Crippen LogP contribution is -2.35. The van der Waals surface area contributed by atoms with E-state index in [9.17, 15) is 4.79 Å². The molecule has 1 fully saturated rings. The Morgan fingerprint density at radius 2 is 1.74 bits per heavy atom. The molecule has 34 heavy (non-hydrogen) atoms. The molecule has 0 spiro atoms. The van der Waals surface area contributed by atoms with Gasteiger partial charge in [0, 0.05) is 24.9 Å². The number of likely N-dealkylation sites (tertiary alicyclic amines) is 1. The highest BCUT2D eigenvalue weighted by Gasteiger charge is 2.18. The number of nitriles is 1. The Kier molecular flexibility index (Phi) is 7.56. The van der Waals surface area contributed by atoms with Crippen LogP contribution in [0.5, 0.6) is 11.5 Å². The molecule has 3 aromatic rings. The Morgan fingerprint density at radius 1 is 1.00 bits per heavy atom. The minimum atomic E-state index is 0.104. The van der Waals surface area contributed by atoms with Gasteiger partial charge in [-0.1, -0.05) is 12.1 Å². The second kappa shape index (κ2) is 11.2. The largest absolute Gasteiger partial charge is 0.493 e. The van der Waals surface area contributed by atoms with Crippen LogP contribution in [-0.2, 0) is 6.61 Å². The number of amides is 1. The molecular formula is C28H27N3O3. The summed E-state index contributed by atoms with van der Waals surface area (Å²) < 4.78 is 11.5. The lowest BCUT2D eigenvalue weighted by molar-refractivity contribution is 0.0724. The number of hydrogen-bond donors (Lipinski definition) is 0. The SMILES string of the molecule is COc1cc(C=Nc2ccc(C#N)cc2)ccc1OCc1ccc(C(=O)N2CCCCC2)cc1. The van der Waals surface area contributed by atoms with E-state index in [0.717, 1.165) is 42.7 Å². The van der Waals surface area contributed by atoms with Crippen LogP contribution in [0.1, 0.15) is 46.3 Å². The van der Waals surface area contributed by atoms with E-state index in [1.54, 1.807) is 37.6 Å². The predicted molar refractivity (Wildman–Crippen MR) is 132 cm³/mol. The predicted octanol–water partition coefficient (Wildman–Crippen LogP) is 5.52. The first-order valence-corrected chi connectivity index (χ1v) is 11.4. The van der Waals surface area contributed by atoms with Gasteiger partial charge in [-0.3, -0.25) is 9.79 Å². The molecule has 0 aliphatic carbocycles. The zero-order valence-corrected chi connectivity index (χ0v) is 19.2. The van der Waals surface area contributed by atoms with Gasteiger partial charge in [0.2, 0.25) is 0 Å². The van der Waals surface area contributed by atoms with Gasteiger partial charge < -0.3 is 14.4 Å². The van der Waals surface area contributed by atoms with E-state index in [0.29, 0.717) is 29.2 Å². The Balaban J connectivity index is 1.37. The number of rotatable bonds is 7. The molecule has 1 heterocycles. The van der Waals surface area contributed by atoms with Gasteiger partial charge in [0.25, 0.3) is 5.91 Å². The third-order valence-electron chi connectivity index (χ3n) is 5.79. The summed E-state index contributed by atoms with van der Waals surface area (Å²) in [6, 6.07) is 22.4. The van der Waals surface area contributed by atoms with Gasteiger partial charge in [0.15, 0.2) is 11.5 Å². The first-order chi connectivity index (χ1) is 16.7. The number of carbonyl (C=O) groups is 1. The molecule has 0 aromatic heterocycles. The van der Waals surface area contributed by atoms with Crippen LogP contribution in [0, 0.1) is 11.3 Å². The number of carbonyl (C=O) groups excluding carboxylic acids is 1. The highest BCUT2D eigenvalue weighted by molar-refractivity contribution is 5.94. The van der Waals surface area contributed by atoms with Crippen molar-refractivity contribution in [1.29, 1.82) is 5.26 Å². The van der Waals surface area contributed by atoms with Gasteiger partial charge >= 0.3 is 0 Å². The minimum Gasteiger partial charge on any atom is -0.493 e. The third-order valence-corrected chi connectivity index (χ3v) is 5.79. The van der Waals surface area contributed by atoms with Gasteiger partial charge in [0.1, 0.15) is 6.61 Å². The summed E-state index contributed by atoms with van der Waals surface area (Å²) in [5, 5.41) is 8.89. The highest BCUT2D eigenvalue weighted by atomic mass is 16.5. The normalized spacial score (nSPS) is 13.5. The molecule has 1 aliphatic rings. The second-order valence-corrected chi connectivity index (χ2v) is 8.17. The second-order valence-electron chi connectivity index (χ2n) is 8.17. The molecule has 1 saturated heterocycles. The molecular weight excluding hydrogens is 426 g/mol. The van der Waals surface area contributed by atoms with Crippen molar-refractivity contribution in [1.82, 2.24) is 4.90 Å². The summed E-state index contributed by atoms with van der Waals surface area (Å²) in [6.45, 7) is 2.06. The summed E-state index contributed by atoms with van der Waals surface area (Å²) in [7, 11) is 1.60. The van der Waals surface area contributed by atoms with Crippen molar-refractivity contribution in [2.75, 3.05) is 20.2 Å². The first kappa shape index (κ1) is 23.1. The molecule has 0 unspecified atom stereocenters. The van der Waals surface area contributed by atoms with Crippen molar-refractivity contribution in [2.45, 2.75) is 25.9 Å². The van der Waals surface area contributed by atoms with Gasteiger partial charge in [-0.2, -0.15) is 5.26 Å². The smallest absolute Gasteiger partial charge is 0.253 e. The van der Waals surface area contributed by atoms with E-state index in [-0.39, 0.29) is 5.91 Å². The lowest BCUT2D eigenvalue weighted by atomic mass is 10.1. The van der Waals surface area contributed by atoms with Crippen LogP contribution in [0.25, 0.3) is 0 Å². The standard InChI is InChI=1S/C28H27N3O3/c1-33-27-17-23(19-30-25-12-7-21(18-29)8-13-25)9-14-26(27)34-20-22-5-10-24(11-6-22)28(32)31-15-3-2-4-16-31/h5-14,17,19H,2-4,15-16,20H2,1H3. The Hall–Kier alpha value is -4.11. The van der Waals surface area contributed by atoms with Crippen LogP contribution in [0.2, 0.25) is 0 Å². The molecule has 1 aliphatic heterocycles. The molecule has 0 saturated carbocycles. The summed E-state index contributed by atoms with van der Waals surface area (Å²) in [6.07, 6.45) is 5.11. The minimum absolute atomic E-state index is 0.104. The van der Waals surface area contributed by atoms with E-state index in [2.05, 4.69) is 11.1 Å². The zero-order chi connectivity index (χ0) is 23.8. The molecule has 0 bridgehead atoms. The zero-order valence-electron chi connectivity index (χ0n) is 19.2.